The van der Waals surface area contributed by atoms with E-state index in [4.69, 9.17) is 5.73 Å². The fraction of sp³-hybridized carbons (Fsp3) is 0.667. The van der Waals surface area contributed by atoms with E-state index >= 15 is 0 Å². The monoisotopic (exact) mass is 199 g/mol. The van der Waals surface area contributed by atoms with E-state index in [0.29, 0.717) is 12.6 Å². The number of aromatic nitrogens is 1. The fourth-order valence-electron chi connectivity index (χ4n) is 1.34. The van der Waals surface area contributed by atoms with Gasteiger partial charge >= 0.3 is 0 Å². The van der Waals surface area contributed by atoms with E-state index < -0.39 is 0 Å². The molecule has 13 heavy (non-hydrogen) atoms. The third kappa shape index (κ3) is 2.76. The van der Waals surface area contributed by atoms with Crippen LogP contribution in [0.1, 0.15) is 28.5 Å². The summed E-state index contributed by atoms with van der Waals surface area (Å²) in [7, 11) is 0. The van der Waals surface area contributed by atoms with Crippen LogP contribution in [0.2, 0.25) is 0 Å². The van der Waals surface area contributed by atoms with Crippen LogP contribution in [0.3, 0.4) is 0 Å². The summed E-state index contributed by atoms with van der Waals surface area (Å²) in [6.45, 7) is 7.78. The van der Waals surface area contributed by atoms with Gasteiger partial charge in [-0.2, -0.15) is 0 Å². The van der Waals surface area contributed by atoms with Crippen molar-refractivity contribution in [1.29, 1.82) is 0 Å². The highest BCUT2D eigenvalue weighted by Crippen LogP contribution is 2.23. The van der Waals surface area contributed by atoms with Gasteiger partial charge < -0.3 is 11.1 Å². The first-order valence-corrected chi connectivity index (χ1v) is 5.34. The largest absolute Gasteiger partial charge is 0.329 e. The predicted molar refractivity (Wildman–Crippen MR) is 57.1 cm³/mol. The SMILES string of the molecule is Cc1nc(C)c(C(C)NCCN)s1. The molecule has 74 valence electrons. The first-order valence-electron chi connectivity index (χ1n) is 4.52. The lowest BCUT2D eigenvalue weighted by atomic mass is 10.2. The zero-order chi connectivity index (χ0) is 9.84. The summed E-state index contributed by atoms with van der Waals surface area (Å²) >= 11 is 1.76. The van der Waals surface area contributed by atoms with Crippen molar-refractivity contribution in [2.24, 2.45) is 5.73 Å². The normalized spacial score (nSPS) is 13.2. The molecule has 1 rings (SSSR count). The molecule has 0 saturated carbocycles. The van der Waals surface area contributed by atoms with Crippen LogP contribution in [0, 0.1) is 13.8 Å². The number of aryl methyl sites for hydroxylation is 2. The van der Waals surface area contributed by atoms with Crippen molar-refractivity contribution in [2.45, 2.75) is 26.8 Å². The van der Waals surface area contributed by atoms with Crippen LogP contribution in [0.15, 0.2) is 0 Å². The summed E-state index contributed by atoms with van der Waals surface area (Å²) in [5, 5.41) is 4.48. The Hall–Kier alpha value is -0.450. The van der Waals surface area contributed by atoms with Gasteiger partial charge in [0.15, 0.2) is 0 Å². The Kier molecular flexibility index (Phi) is 3.84. The van der Waals surface area contributed by atoms with Crippen molar-refractivity contribution in [3.8, 4) is 0 Å². The second-order valence-electron chi connectivity index (χ2n) is 3.15. The molecule has 0 spiro atoms. The number of nitrogens with zero attached hydrogens (tertiary/aromatic N) is 1. The Balaban J connectivity index is 2.64. The van der Waals surface area contributed by atoms with Gasteiger partial charge in [0.1, 0.15) is 0 Å². The number of thiazole rings is 1. The van der Waals surface area contributed by atoms with Gasteiger partial charge in [0.25, 0.3) is 0 Å². The summed E-state index contributed by atoms with van der Waals surface area (Å²) < 4.78 is 0. The molecular weight excluding hydrogens is 182 g/mol. The summed E-state index contributed by atoms with van der Waals surface area (Å²) in [5.41, 5.74) is 6.56. The lowest BCUT2D eigenvalue weighted by Crippen LogP contribution is -2.25. The van der Waals surface area contributed by atoms with Crippen LogP contribution >= 0.6 is 11.3 Å². The molecule has 0 amide bonds. The number of nitrogens with two attached hydrogens (primary N) is 1. The molecule has 0 radical (unpaired) electrons. The molecule has 0 fully saturated rings. The minimum absolute atomic E-state index is 0.370. The molecule has 0 bridgehead atoms. The maximum Gasteiger partial charge on any atom is 0.0900 e. The average Bonchev–Trinajstić information content (AvgIpc) is 2.41. The smallest absolute Gasteiger partial charge is 0.0900 e. The third-order valence-corrected chi connectivity index (χ3v) is 3.18. The van der Waals surface area contributed by atoms with E-state index in [1.54, 1.807) is 11.3 Å². The van der Waals surface area contributed by atoms with Crippen molar-refractivity contribution in [2.75, 3.05) is 13.1 Å². The molecular formula is C9H17N3S. The van der Waals surface area contributed by atoms with Gasteiger partial charge in [-0.05, 0) is 20.8 Å². The van der Waals surface area contributed by atoms with Gasteiger partial charge in [-0.1, -0.05) is 0 Å². The van der Waals surface area contributed by atoms with E-state index in [2.05, 4.69) is 24.1 Å². The zero-order valence-corrected chi connectivity index (χ0v) is 9.24. The highest BCUT2D eigenvalue weighted by atomic mass is 32.1. The first-order chi connectivity index (χ1) is 6.15. The van der Waals surface area contributed by atoms with Crippen molar-refractivity contribution in [1.82, 2.24) is 10.3 Å². The van der Waals surface area contributed by atoms with Gasteiger partial charge in [0, 0.05) is 24.0 Å². The van der Waals surface area contributed by atoms with Crippen molar-refractivity contribution in [3.05, 3.63) is 15.6 Å². The molecule has 1 aromatic heterocycles. The Morgan fingerprint density at radius 1 is 1.54 bits per heavy atom. The number of hydrogen-bond acceptors (Lipinski definition) is 4. The quantitative estimate of drug-likeness (QED) is 0.770. The number of rotatable bonds is 4. The zero-order valence-electron chi connectivity index (χ0n) is 8.42. The van der Waals surface area contributed by atoms with Crippen molar-refractivity contribution < 1.29 is 0 Å². The second-order valence-corrected chi connectivity index (χ2v) is 4.38. The van der Waals surface area contributed by atoms with Crippen LogP contribution in [0.5, 0.6) is 0 Å². The molecule has 1 aromatic rings. The Morgan fingerprint density at radius 3 is 2.69 bits per heavy atom. The van der Waals surface area contributed by atoms with E-state index in [1.165, 1.54) is 4.88 Å². The van der Waals surface area contributed by atoms with Gasteiger partial charge in [0.05, 0.1) is 10.7 Å². The topological polar surface area (TPSA) is 50.9 Å². The van der Waals surface area contributed by atoms with Crippen LogP contribution in [0.4, 0.5) is 0 Å². The highest BCUT2D eigenvalue weighted by Gasteiger charge is 2.11. The molecule has 1 heterocycles. The molecule has 0 aliphatic rings. The van der Waals surface area contributed by atoms with Gasteiger partial charge in [-0.3, -0.25) is 0 Å². The van der Waals surface area contributed by atoms with E-state index in [-0.39, 0.29) is 0 Å². The molecule has 0 aromatic carbocycles. The standard InChI is InChI=1S/C9H17N3S/c1-6(11-5-4-10)9-7(2)12-8(3)13-9/h6,11H,4-5,10H2,1-3H3. The molecule has 3 N–H and O–H groups in total. The molecule has 3 nitrogen and oxygen atoms in total. The van der Waals surface area contributed by atoms with E-state index in [1.807, 2.05) is 6.92 Å². The van der Waals surface area contributed by atoms with Gasteiger partial charge in [-0.25, -0.2) is 4.98 Å². The number of nitrogens with one attached hydrogen (secondary N) is 1. The van der Waals surface area contributed by atoms with Gasteiger partial charge in [0.2, 0.25) is 0 Å². The Morgan fingerprint density at radius 2 is 2.23 bits per heavy atom. The minimum atomic E-state index is 0.370. The second kappa shape index (κ2) is 4.69. The first kappa shape index (κ1) is 10.6. The lowest BCUT2D eigenvalue weighted by Gasteiger charge is -2.11. The van der Waals surface area contributed by atoms with Crippen LogP contribution in [0.25, 0.3) is 0 Å². The minimum Gasteiger partial charge on any atom is -0.329 e. The van der Waals surface area contributed by atoms with Crippen molar-refractivity contribution in [3.63, 3.8) is 0 Å². The summed E-state index contributed by atoms with van der Waals surface area (Å²) in [6.07, 6.45) is 0. The molecule has 4 heteroatoms. The van der Waals surface area contributed by atoms with Crippen LogP contribution in [-0.2, 0) is 0 Å². The Labute approximate surface area is 83.4 Å². The Bertz CT molecular complexity index is 270. The summed E-state index contributed by atoms with van der Waals surface area (Å²) in [6, 6.07) is 0.370. The summed E-state index contributed by atoms with van der Waals surface area (Å²) in [5.74, 6) is 0. The molecule has 0 saturated heterocycles. The van der Waals surface area contributed by atoms with Crippen LogP contribution in [-0.4, -0.2) is 18.1 Å². The van der Waals surface area contributed by atoms with Crippen molar-refractivity contribution >= 4 is 11.3 Å². The summed E-state index contributed by atoms with van der Waals surface area (Å²) in [4.78, 5) is 5.71. The van der Waals surface area contributed by atoms with E-state index in [9.17, 15) is 0 Å². The number of hydrogen-bond donors (Lipinski definition) is 2. The maximum atomic E-state index is 5.42. The molecule has 1 atom stereocenters. The third-order valence-electron chi connectivity index (χ3n) is 1.93. The predicted octanol–water partition coefficient (Wildman–Crippen LogP) is 1.37. The molecule has 1 unspecified atom stereocenters. The fourth-order valence-corrected chi connectivity index (χ4v) is 2.30. The van der Waals surface area contributed by atoms with Crippen LogP contribution < -0.4 is 11.1 Å². The maximum absolute atomic E-state index is 5.42. The average molecular weight is 199 g/mol. The lowest BCUT2D eigenvalue weighted by molar-refractivity contribution is 0.587. The van der Waals surface area contributed by atoms with E-state index in [0.717, 1.165) is 17.2 Å². The van der Waals surface area contributed by atoms with Gasteiger partial charge in [-0.15, -0.1) is 11.3 Å². The molecule has 0 aliphatic carbocycles. The molecule has 0 aliphatic heterocycles. The highest BCUT2D eigenvalue weighted by molar-refractivity contribution is 7.11.